The average molecular weight is 356 g/mol. The molecule has 1 amide bonds. The molecule has 6 heteroatoms. The average Bonchev–Trinajstić information content (AvgIpc) is 3.18. The Morgan fingerprint density at radius 1 is 1.19 bits per heavy atom. The highest BCUT2D eigenvalue weighted by molar-refractivity contribution is 5.93. The van der Waals surface area contributed by atoms with E-state index in [1.165, 1.54) is 0 Å². The van der Waals surface area contributed by atoms with Crippen molar-refractivity contribution in [2.45, 2.75) is 13.8 Å². The molecular formula is C20H28N4O2. The lowest BCUT2D eigenvalue weighted by Crippen LogP contribution is -2.48. The summed E-state index contributed by atoms with van der Waals surface area (Å²) in [7, 11) is 0. The van der Waals surface area contributed by atoms with Crippen molar-refractivity contribution in [2.75, 3.05) is 45.8 Å². The second kappa shape index (κ2) is 8.96. The first-order valence-electron chi connectivity index (χ1n) is 9.40. The molecule has 2 aromatic rings. The van der Waals surface area contributed by atoms with Crippen LogP contribution in [0.1, 0.15) is 24.3 Å². The Kier molecular flexibility index (Phi) is 6.41. The van der Waals surface area contributed by atoms with Gasteiger partial charge in [0, 0.05) is 50.9 Å². The predicted octanol–water partition coefficient (Wildman–Crippen LogP) is 2.34. The quantitative estimate of drug-likeness (QED) is 0.825. The molecule has 0 spiro atoms. The molecular weight excluding hydrogens is 328 g/mol. The van der Waals surface area contributed by atoms with Gasteiger partial charge in [0.05, 0.1) is 0 Å². The Balaban J connectivity index is 1.44. The Labute approximate surface area is 155 Å². The first-order valence-corrected chi connectivity index (χ1v) is 9.40. The van der Waals surface area contributed by atoms with E-state index in [1.54, 1.807) is 6.07 Å². The summed E-state index contributed by atoms with van der Waals surface area (Å²) in [6, 6.07) is 11.4. The molecule has 6 nitrogen and oxygen atoms in total. The molecule has 1 aliphatic heterocycles. The first-order chi connectivity index (χ1) is 12.7. The molecule has 0 aliphatic carbocycles. The number of carbonyl (C=O) groups excluding carboxylic acids is 1. The maximum absolute atomic E-state index is 12.3. The zero-order valence-electron chi connectivity index (χ0n) is 15.6. The Hall–Kier alpha value is -2.18. The monoisotopic (exact) mass is 356 g/mol. The zero-order chi connectivity index (χ0) is 18.4. The third kappa shape index (κ3) is 4.93. The van der Waals surface area contributed by atoms with E-state index in [2.05, 4.69) is 34.1 Å². The van der Waals surface area contributed by atoms with E-state index in [9.17, 15) is 4.79 Å². The van der Waals surface area contributed by atoms with Gasteiger partial charge in [-0.3, -0.25) is 4.79 Å². The van der Waals surface area contributed by atoms with Crippen molar-refractivity contribution in [3.05, 3.63) is 42.1 Å². The number of aromatic nitrogens is 1. The van der Waals surface area contributed by atoms with Gasteiger partial charge in [-0.1, -0.05) is 49.3 Å². The number of rotatable bonds is 7. The van der Waals surface area contributed by atoms with Gasteiger partial charge in [-0.25, -0.2) is 0 Å². The van der Waals surface area contributed by atoms with Crippen LogP contribution in [-0.2, 0) is 0 Å². The van der Waals surface area contributed by atoms with E-state index in [1.807, 2.05) is 30.3 Å². The Morgan fingerprint density at radius 2 is 1.88 bits per heavy atom. The van der Waals surface area contributed by atoms with E-state index < -0.39 is 0 Å². The normalized spacial score (nSPS) is 17.2. The summed E-state index contributed by atoms with van der Waals surface area (Å²) in [4.78, 5) is 17.3. The SMILES string of the molecule is CCN1CCN(CC(C)CNC(=O)c2cc(-c3ccccc3)on2)CC1. The molecule has 3 rings (SSSR count). The molecule has 1 aliphatic rings. The minimum absolute atomic E-state index is 0.182. The number of nitrogens with one attached hydrogen (secondary N) is 1. The molecule has 0 radical (unpaired) electrons. The smallest absolute Gasteiger partial charge is 0.273 e. The van der Waals surface area contributed by atoms with Crippen molar-refractivity contribution >= 4 is 5.91 Å². The summed E-state index contributed by atoms with van der Waals surface area (Å²) in [5.74, 6) is 0.823. The molecule has 1 aromatic carbocycles. The van der Waals surface area contributed by atoms with Gasteiger partial charge in [-0.15, -0.1) is 0 Å². The van der Waals surface area contributed by atoms with Crippen LogP contribution in [-0.4, -0.2) is 66.7 Å². The first kappa shape index (κ1) is 18.6. The number of carbonyl (C=O) groups is 1. The molecule has 1 saturated heterocycles. The molecule has 0 saturated carbocycles. The molecule has 2 heterocycles. The van der Waals surface area contributed by atoms with E-state index in [0.717, 1.165) is 44.8 Å². The highest BCUT2D eigenvalue weighted by Gasteiger charge is 2.19. The number of piperazine rings is 1. The number of nitrogens with zero attached hydrogens (tertiary/aromatic N) is 3. The summed E-state index contributed by atoms with van der Waals surface area (Å²) in [6.45, 7) is 11.6. The second-order valence-electron chi connectivity index (χ2n) is 6.99. The van der Waals surface area contributed by atoms with Crippen molar-refractivity contribution < 1.29 is 9.32 Å². The number of hydrogen-bond acceptors (Lipinski definition) is 5. The highest BCUT2D eigenvalue weighted by atomic mass is 16.5. The molecule has 1 aromatic heterocycles. The van der Waals surface area contributed by atoms with Crippen LogP contribution in [0.25, 0.3) is 11.3 Å². The van der Waals surface area contributed by atoms with Crippen LogP contribution in [0.2, 0.25) is 0 Å². The van der Waals surface area contributed by atoms with Crippen LogP contribution < -0.4 is 5.32 Å². The van der Waals surface area contributed by atoms with Crippen molar-refractivity contribution in [3.63, 3.8) is 0 Å². The number of hydrogen-bond donors (Lipinski definition) is 1. The van der Waals surface area contributed by atoms with Gasteiger partial charge in [-0.05, 0) is 12.5 Å². The zero-order valence-corrected chi connectivity index (χ0v) is 15.6. The van der Waals surface area contributed by atoms with E-state index in [4.69, 9.17) is 4.52 Å². The molecule has 1 N–H and O–H groups in total. The Bertz CT molecular complexity index is 693. The number of likely N-dealkylation sites (N-methyl/N-ethyl adjacent to an activating group) is 1. The van der Waals surface area contributed by atoms with Crippen LogP contribution in [0.5, 0.6) is 0 Å². The number of benzene rings is 1. The topological polar surface area (TPSA) is 61.6 Å². The number of amides is 1. The fourth-order valence-corrected chi connectivity index (χ4v) is 3.27. The third-order valence-corrected chi connectivity index (χ3v) is 4.89. The largest absolute Gasteiger partial charge is 0.355 e. The minimum atomic E-state index is -0.182. The maximum Gasteiger partial charge on any atom is 0.273 e. The second-order valence-corrected chi connectivity index (χ2v) is 6.99. The maximum atomic E-state index is 12.3. The van der Waals surface area contributed by atoms with E-state index in [0.29, 0.717) is 23.9 Å². The summed E-state index contributed by atoms with van der Waals surface area (Å²) < 4.78 is 5.30. The lowest BCUT2D eigenvalue weighted by molar-refractivity contribution is 0.0925. The van der Waals surface area contributed by atoms with E-state index in [-0.39, 0.29) is 5.91 Å². The van der Waals surface area contributed by atoms with Crippen LogP contribution in [0.15, 0.2) is 40.9 Å². The molecule has 1 atom stereocenters. The Morgan fingerprint density at radius 3 is 2.58 bits per heavy atom. The minimum Gasteiger partial charge on any atom is -0.355 e. The summed E-state index contributed by atoms with van der Waals surface area (Å²) in [6.07, 6.45) is 0. The van der Waals surface area contributed by atoms with Gasteiger partial charge in [-0.2, -0.15) is 0 Å². The molecule has 0 bridgehead atoms. The summed E-state index contributed by atoms with van der Waals surface area (Å²) in [5, 5.41) is 6.88. The summed E-state index contributed by atoms with van der Waals surface area (Å²) >= 11 is 0. The highest BCUT2D eigenvalue weighted by Crippen LogP contribution is 2.19. The molecule has 26 heavy (non-hydrogen) atoms. The van der Waals surface area contributed by atoms with Gasteiger partial charge < -0.3 is 19.6 Å². The lowest BCUT2D eigenvalue weighted by Gasteiger charge is -2.35. The lowest BCUT2D eigenvalue weighted by atomic mass is 10.1. The van der Waals surface area contributed by atoms with E-state index >= 15 is 0 Å². The van der Waals surface area contributed by atoms with Crippen LogP contribution in [0.4, 0.5) is 0 Å². The molecule has 1 unspecified atom stereocenters. The molecule has 140 valence electrons. The molecule has 1 fully saturated rings. The fraction of sp³-hybridized carbons (Fsp3) is 0.500. The van der Waals surface area contributed by atoms with Gasteiger partial charge in [0.1, 0.15) is 0 Å². The van der Waals surface area contributed by atoms with Crippen molar-refractivity contribution in [1.29, 1.82) is 0 Å². The fourth-order valence-electron chi connectivity index (χ4n) is 3.27. The van der Waals surface area contributed by atoms with Crippen LogP contribution in [0.3, 0.4) is 0 Å². The summed E-state index contributed by atoms with van der Waals surface area (Å²) in [5.41, 5.74) is 1.24. The van der Waals surface area contributed by atoms with Crippen molar-refractivity contribution in [2.24, 2.45) is 5.92 Å². The van der Waals surface area contributed by atoms with Crippen LogP contribution in [0, 0.1) is 5.92 Å². The van der Waals surface area contributed by atoms with Gasteiger partial charge in [0.15, 0.2) is 11.5 Å². The van der Waals surface area contributed by atoms with Crippen molar-refractivity contribution in [1.82, 2.24) is 20.3 Å². The van der Waals surface area contributed by atoms with Crippen molar-refractivity contribution in [3.8, 4) is 11.3 Å². The predicted molar refractivity (Wildman–Crippen MR) is 102 cm³/mol. The third-order valence-electron chi connectivity index (χ3n) is 4.89. The van der Waals surface area contributed by atoms with Gasteiger partial charge in [0.2, 0.25) is 0 Å². The van der Waals surface area contributed by atoms with Gasteiger partial charge in [0.25, 0.3) is 5.91 Å². The van der Waals surface area contributed by atoms with Crippen LogP contribution >= 0.6 is 0 Å². The standard InChI is InChI=1S/C20H28N4O2/c1-3-23-9-11-24(12-10-23)15-16(2)14-21-20(25)18-13-19(26-22-18)17-7-5-4-6-8-17/h4-8,13,16H,3,9-12,14-15H2,1-2H3,(H,21,25). The van der Waals surface area contributed by atoms with Gasteiger partial charge >= 0.3 is 0 Å².